The summed E-state index contributed by atoms with van der Waals surface area (Å²) in [4.78, 5) is 29.6. The van der Waals surface area contributed by atoms with Gasteiger partial charge < -0.3 is 15.5 Å². The zero-order valence-electron chi connectivity index (χ0n) is 17.5. The molecule has 6 nitrogen and oxygen atoms in total. The third-order valence-corrected chi connectivity index (χ3v) is 6.78. The van der Waals surface area contributed by atoms with Crippen LogP contribution >= 0.6 is 0 Å². The monoisotopic (exact) mass is 402 g/mol. The maximum atomic E-state index is 14.1. The highest BCUT2D eigenvalue weighted by atomic mass is 19.1. The molecule has 0 spiro atoms. The molecule has 1 aromatic carbocycles. The van der Waals surface area contributed by atoms with Gasteiger partial charge in [-0.15, -0.1) is 0 Å². The Morgan fingerprint density at radius 2 is 2.07 bits per heavy atom. The Bertz CT molecular complexity index is 781. The maximum absolute atomic E-state index is 14.1. The van der Waals surface area contributed by atoms with Crippen molar-refractivity contribution in [3.63, 3.8) is 0 Å². The molecule has 158 valence electrons. The number of likely N-dealkylation sites (tertiary alicyclic amines) is 1. The van der Waals surface area contributed by atoms with E-state index in [0.717, 1.165) is 49.9 Å². The van der Waals surface area contributed by atoms with Gasteiger partial charge in [-0.25, -0.2) is 4.39 Å². The van der Waals surface area contributed by atoms with Gasteiger partial charge in [-0.2, -0.15) is 0 Å². The van der Waals surface area contributed by atoms with E-state index in [1.165, 1.54) is 6.07 Å². The Morgan fingerprint density at radius 3 is 2.76 bits per heavy atom. The number of hydrogen-bond donors (Lipinski definition) is 2. The number of aryl methyl sites for hydroxylation is 1. The van der Waals surface area contributed by atoms with Gasteiger partial charge in [0.1, 0.15) is 11.9 Å². The molecule has 3 aliphatic rings. The number of rotatable bonds is 4. The molecule has 1 unspecified atom stereocenters. The fraction of sp³-hybridized carbons (Fsp3) is 0.636. The summed E-state index contributed by atoms with van der Waals surface area (Å²) in [6, 6.07) is 3.00. The van der Waals surface area contributed by atoms with E-state index in [-0.39, 0.29) is 35.8 Å². The zero-order chi connectivity index (χ0) is 20.7. The number of amides is 2. The molecule has 2 aliphatic heterocycles. The summed E-state index contributed by atoms with van der Waals surface area (Å²) in [6.07, 6.45) is 4.96. The van der Waals surface area contributed by atoms with Crippen molar-refractivity contribution in [2.75, 3.05) is 26.0 Å². The molecule has 1 saturated carbocycles. The number of nitrogens with zero attached hydrogens (tertiary/aromatic N) is 2. The molecule has 2 N–H and O–H groups in total. The van der Waals surface area contributed by atoms with Crippen molar-refractivity contribution in [1.29, 1.82) is 0 Å². The second-order valence-electron chi connectivity index (χ2n) is 8.94. The summed E-state index contributed by atoms with van der Waals surface area (Å²) in [5.41, 5.74) is 2.31. The summed E-state index contributed by atoms with van der Waals surface area (Å²) in [5, 5.41) is 6.37. The van der Waals surface area contributed by atoms with Crippen molar-refractivity contribution in [2.45, 2.75) is 69.6 Å². The highest BCUT2D eigenvalue weighted by Gasteiger charge is 2.39. The van der Waals surface area contributed by atoms with Gasteiger partial charge in [-0.05, 0) is 64.8 Å². The van der Waals surface area contributed by atoms with Crippen LogP contribution in [0.5, 0.6) is 0 Å². The fourth-order valence-corrected chi connectivity index (χ4v) is 5.14. The third kappa shape index (κ3) is 3.84. The van der Waals surface area contributed by atoms with Gasteiger partial charge in [0.2, 0.25) is 11.8 Å². The molecule has 2 heterocycles. The van der Waals surface area contributed by atoms with Crippen LogP contribution < -0.4 is 10.6 Å². The quantitative estimate of drug-likeness (QED) is 0.809. The Labute approximate surface area is 171 Å². The number of carbonyl (C=O) groups is 2. The van der Waals surface area contributed by atoms with Crippen LogP contribution in [0.15, 0.2) is 12.1 Å². The predicted molar refractivity (Wildman–Crippen MR) is 110 cm³/mol. The topological polar surface area (TPSA) is 64.7 Å². The second-order valence-corrected chi connectivity index (χ2v) is 8.94. The molecule has 1 aliphatic carbocycles. The van der Waals surface area contributed by atoms with Crippen LogP contribution in [0.3, 0.4) is 0 Å². The molecule has 1 saturated heterocycles. The largest absolute Gasteiger partial charge is 0.373 e. The number of halogens is 1. The SMILES string of the molecule is Cc1ccc(F)c2c1NC(C(=O)N[C@@H]1CCC[C@H](N3CC[C@H](N(C)C)C3=O)C1)C2. The van der Waals surface area contributed by atoms with Gasteiger partial charge in [-0.1, -0.05) is 6.07 Å². The number of hydrogen-bond acceptors (Lipinski definition) is 4. The second kappa shape index (κ2) is 7.94. The van der Waals surface area contributed by atoms with E-state index < -0.39 is 6.04 Å². The van der Waals surface area contributed by atoms with Crippen LogP contribution in [-0.4, -0.2) is 66.4 Å². The van der Waals surface area contributed by atoms with Crippen molar-refractivity contribution in [2.24, 2.45) is 0 Å². The number of nitrogens with one attached hydrogen (secondary N) is 2. The summed E-state index contributed by atoms with van der Waals surface area (Å²) in [6.45, 7) is 2.72. The lowest BCUT2D eigenvalue weighted by Crippen LogP contribution is -2.50. The van der Waals surface area contributed by atoms with Crippen molar-refractivity contribution >= 4 is 17.5 Å². The van der Waals surface area contributed by atoms with E-state index in [1.54, 1.807) is 6.07 Å². The van der Waals surface area contributed by atoms with Crippen LogP contribution in [0.4, 0.5) is 10.1 Å². The number of fused-ring (bicyclic) bond motifs is 1. The van der Waals surface area contributed by atoms with E-state index in [1.807, 2.05) is 30.8 Å². The molecule has 0 bridgehead atoms. The van der Waals surface area contributed by atoms with Crippen molar-refractivity contribution < 1.29 is 14.0 Å². The van der Waals surface area contributed by atoms with Crippen LogP contribution in [0.2, 0.25) is 0 Å². The van der Waals surface area contributed by atoms with Crippen LogP contribution in [0.1, 0.15) is 43.2 Å². The van der Waals surface area contributed by atoms with Gasteiger partial charge >= 0.3 is 0 Å². The first-order chi connectivity index (χ1) is 13.8. The summed E-state index contributed by atoms with van der Waals surface area (Å²) < 4.78 is 14.1. The molecule has 4 rings (SSSR count). The minimum absolute atomic E-state index is 0.0238. The molecule has 7 heteroatoms. The Kier molecular flexibility index (Phi) is 5.51. The number of benzene rings is 1. The predicted octanol–water partition coefficient (Wildman–Crippen LogP) is 2.06. The minimum Gasteiger partial charge on any atom is -0.373 e. The lowest BCUT2D eigenvalue weighted by molar-refractivity contribution is -0.134. The average molecular weight is 403 g/mol. The number of likely N-dealkylation sites (N-methyl/N-ethyl adjacent to an activating group) is 1. The van der Waals surface area contributed by atoms with Crippen molar-refractivity contribution in [3.05, 3.63) is 29.1 Å². The molecule has 0 aromatic heterocycles. The molecule has 2 amide bonds. The van der Waals surface area contributed by atoms with E-state index in [4.69, 9.17) is 0 Å². The van der Waals surface area contributed by atoms with Gasteiger partial charge in [0.25, 0.3) is 0 Å². The first kappa shape index (κ1) is 20.1. The van der Waals surface area contributed by atoms with E-state index in [0.29, 0.717) is 12.0 Å². The molecule has 4 atom stereocenters. The fourth-order valence-electron chi connectivity index (χ4n) is 5.14. The first-order valence-corrected chi connectivity index (χ1v) is 10.7. The van der Waals surface area contributed by atoms with Crippen molar-refractivity contribution in [3.8, 4) is 0 Å². The Balaban J connectivity index is 1.36. The van der Waals surface area contributed by atoms with Crippen LogP contribution in [-0.2, 0) is 16.0 Å². The highest BCUT2D eigenvalue weighted by Crippen LogP contribution is 2.32. The van der Waals surface area contributed by atoms with Gasteiger partial charge in [0.05, 0.1) is 6.04 Å². The lowest BCUT2D eigenvalue weighted by Gasteiger charge is -2.36. The molecule has 0 radical (unpaired) electrons. The van der Waals surface area contributed by atoms with E-state index in [9.17, 15) is 14.0 Å². The van der Waals surface area contributed by atoms with E-state index >= 15 is 0 Å². The molecular weight excluding hydrogens is 371 g/mol. The lowest BCUT2D eigenvalue weighted by atomic mass is 9.89. The third-order valence-electron chi connectivity index (χ3n) is 6.78. The summed E-state index contributed by atoms with van der Waals surface area (Å²) >= 11 is 0. The average Bonchev–Trinajstić information content (AvgIpc) is 3.30. The first-order valence-electron chi connectivity index (χ1n) is 10.7. The van der Waals surface area contributed by atoms with Crippen LogP contribution in [0, 0.1) is 12.7 Å². The minimum atomic E-state index is -0.437. The summed E-state index contributed by atoms with van der Waals surface area (Å²) in [7, 11) is 3.90. The van der Waals surface area contributed by atoms with Crippen LogP contribution in [0.25, 0.3) is 0 Å². The number of carbonyl (C=O) groups excluding carboxylic acids is 2. The molecular formula is C22H31FN4O2. The van der Waals surface area contributed by atoms with Gasteiger partial charge in [0.15, 0.2) is 0 Å². The number of anilines is 1. The molecule has 29 heavy (non-hydrogen) atoms. The highest BCUT2D eigenvalue weighted by molar-refractivity contribution is 5.88. The summed E-state index contributed by atoms with van der Waals surface area (Å²) in [5.74, 6) is -0.121. The van der Waals surface area contributed by atoms with Crippen molar-refractivity contribution in [1.82, 2.24) is 15.1 Å². The Hall–Kier alpha value is -2.15. The molecule has 2 fully saturated rings. The van der Waals surface area contributed by atoms with E-state index in [2.05, 4.69) is 10.6 Å². The van der Waals surface area contributed by atoms with Gasteiger partial charge in [0, 0.05) is 36.3 Å². The van der Waals surface area contributed by atoms with Gasteiger partial charge in [-0.3, -0.25) is 14.5 Å². The molecule has 1 aromatic rings. The Morgan fingerprint density at radius 1 is 1.28 bits per heavy atom. The standard InChI is InChI=1S/C22H31FN4O2/c1-13-7-8-17(23)16-12-18(25-20(13)16)21(28)24-14-5-4-6-15(11-14)27-10-9-19(22(27)29)26(2)3/h7-8,14-15,18-19,25H,4-6,9-12H2,1-3H3,(H,24,28)/t14-,15+,18?,19+/m1/s1. The zero-order valence-corrected chi connectivity index (χ0v) is 17.5. The normalized spacial score (nSPS) is 29.1. The smallest absolute Gasteiger partial charge is 0.243 e. The maximum Gasteiger partial charge on any atom is 0.243 e.